The molecule has 1 aromatic rings. The van der Waals surface area contributed by atoms with Gasteiger partial charge >= 0.3 is 0 Å². The molecule has 1 aliphatic rings. The molecular formula is C15H23FN2O. The maximum atomic E-state index is 14.2. The molecule has 0 amide bonds. The zero-order valence-electron chi connectivity index (χ0n) is 12.2. The summed E-state index contributed by atoms with van der Waals surface area (Å²) >= 11 is 0. The first-order valence-corrected chi connectivity index (χ1v) is 6.75. The van der Waals surface area contributed by atoms with Gasteiger partial charge < -0.3 is 10.0 Å². The van der Waals surface area contributed by atoms with Gasteiger partial charge in [0.1, 0.15) is 5.82 Å². The Morgan fingerprint density at radius 1 is 1.32 bits per heavy atom. The lowest BCUT2D eigenvalue weighted by Gasteiger charge is -2.46. The quantitative estimate of drug-likeness (QED) is 0.890. The average Bonchev–Trinajstić information content (AvgIpc) is 2.32. The maximum Gasteiger partial charge on any atom is 0.146 e. The van der Waals surface area contributed by atoms with E-state index in [0.29, 0.717) is 11.3 Å². The van der Waals surface area contributed by atoms with Gasteiger partial charge in [-0.25, -0.2) is 4.39 Å². The van der Waals surface area contributed by atoms with Crippen molar-refractivity contribution < 1.29 is 9.50 Å². The van der Waals surface area contributed by atoms with Crippen molar-refractivity contribution in [3.63, 3.8) is 0 Å². The van der Waals surface area contributed by atoms with Crippen LogP contribution in [0.4, 0.5) is 10.1 Å². The van der Waals surface area contributed by atoms with Crippen molar-refractivity contribution >= 4 is 5.69 Å². The van der Waals surface area contributed by atoms with E-state index in [0.717, 1.165) is 19.6 Å². The predicted octanol–water partition coefficient (Wildman–Crippen LogP) is 2.41. The Labute approximate surface area is 114 Å². The van der Waals surface area contributed by atoms with Crippen LogP contribution in [0.1, 0.15) is 32.4 Å². The Morgan fingerprint density at radius 3 is 2.58 bits per heavy atom. The number of hydrogen-bond donors (Lipinski definition) is 1. The van der Waals surface area contributed by atoms with Crippen LogP contribution in [-0.4, -0.2) is 42.2 Å². The molecule has 0 bridgehead atoms. The highest BCUT2D eigenvalue weighted by atomic mass is 19.1. The summed E-state index contributed by atoms with van der Waals surface area (Å²) in [5, 5.41) is 9.84. The standard InChI is InChI=1S/C15H23FN2O/c1-11(19)12-6-5-7-13(16)14(12)18-9-8-17(4)15(2,3)10-18/h5-7,11,19H,8-10H2,1-4H3/t11-/m1/s1. The van der Waals surface area contributed by atoms with Crippen molar-refractivity contribution in [2.24, 2.45) is 0 Å². The van der Waals surface area contributed by atoms with E-state index in [-0.39, 0.29) is 11.4 Å². The van der Waals surface area contributed by atoms with E-state index in [9.17, 15) is 9.50 Å². The third-order valence-corrected chi connectivity index (χ3v) is 4.10. The second-order valence-corrected chi connectivity index (χ2v) is 6.01. The number of nitrogens with zero attached hydrogens (tertiary/aromatic N) is 2. The van der Waals surface area contributed by atoms with E-state index >= 15 is 0 Å². The van der Waals surface area contributed by atoms with Gasteiger partial charge in [0.2, 0.25) is 0 Å². The first-order chi connectivity index (χ1) is 8.83. The molecule has 4 heteroatoms. The summed E-state index contributed by atoms with van der Waals surface area (Å²) in [5.41, 5.74) is 1.22. The molecule has 19 heavy (non-hydrogen) atoms. The molecule has 3 nitrogen and oxygen atoms in total. The highest BCUT2D eigenvalue weighted by Crippen LogP contribution is 2.32. The third kappa shape index (κ3) is 2.74. The summed E-state index contributed by atoms with van der Waals surface area (Å²) in [5.74, 6) is -0.251. The Balaban J connectivity index is 2.37. The molecule has 0 aromatic heterocycles. The van der Waals surface area contributed by atoms with Crippen molar-refractivity contribution in [1.82, 2.24) is 4.90 Å². The molecule has 1 aromatic carbocycles. The number of aliphatic hydroxyl groups is 1. The topological polar surface area (TPSA) is 26.7 Å². The summed E-state index contributed by atoms with van der Waals surface area (Å²) < 4.78 is 14.2. The van der Waals surface area contributed by atoms with Crippen LogP contribution in [0.25, 0.3) is 0 Å². The van der Waals surface area contributed by atoms with Crippen LogP contribution in [-0.2, 0) is 0 Å². The Morgan fingerprint density at radius 2 is 2.00 bits per heavy atom. The van der Waals surface area contributed by atoms with Gasteiger partial charge in [0.05, 0.1) is 11.8 Å². The van der Waals surface area contributed by atoms with Crippen LogP contribution < -0.4 is 4.90 Å². The molecule has 0 unspecified atom stereocenters. The molecule has 1 saturated heterocycles. The van der Waals surface area contributed by atoms with E-state index in [4.69, 9.17) is 0 Å². The molecule has 0 spiro atoms. The average molecular weight is 266 g/mol. The largest absolute Gasteiger partial charge is 0.389 e. The second kappa shape index (κ2) is 5.10. The molecule has 1 heterocycles. The highest BCUT2D eigenvalue weighted by Gasteiger charge is 2.33. The lowest BCUT2D eigenvalue weighted by molar-refractivity contribution is 0.137. The van der Waals surface area contributed by atoms with Crippen molar-refractivity contribution in [3.8, 4) is 0 Å². The number of hydrogen-bond acceptors (Lipinski definition) is 3. The van der Waals surface area contributed by atoms with Gasteiger partial charge in [-0.1, -0.05) is 12.1 Å². The van der Waals surface area contributed by atoms with E-state index in [2.05, 4.69) is 30.7 Å². The Bertz CT molecular complexity index is 459. The fourth-order valence-electron chi connectivity index (χ4n) is 2.63. The number of halogens is 1. The van der Waals surface area contributed by atoms with Gasteiger partial charge in [-0.15, -0.1) is 0 Å². The number of rotatable bonds is 2. The molecule has 1 aliphatic heterocycles. The molecule has 2 rings (SSSR count). The summed E-state index contributed by atoms with van der Waals surface area (Å²) in [6.07, 6.45) is -0.659. The van der Waals surface area contributed by atoms with Crippen molar-refractivity contribution in [2.75, 3.05) is 31.6 Å². The fraction of sp³-hybridized carbons (Fsp3) is 0.600. The number of likely N-dealkylation sites (N-methyl/N-ethyl adjacent to an activating group) is 1. The smallest absolute Gasteiger partial charge is 0.146 e. The minimum Gasteiger partial charge on any atom is -0.389 e. The number of para-hydroxylation sites is 1. The monoisotopic (exact) mass is 266 g/mol. The molecule has 1 fully saturated rings. The van der Waals surface area contributed by atoms with Gasteiger partial charge in [-0.05, 0) is 33.9 Å². The van der Waals surface area contributed by atoms with Crippen LogP contribution in [0.2, 0.25) is 0 Å². The maximum absolute atomic E-state index is 14.2. The van der Waals surface area contributed by atoms with E-state index in [1.807, 2.05) is 0 Å². The third-order valence-electron chi connectivity index (χ3n) is 4.10. The second-order valence-electron chi connectivity index (χ2n) is 6.01. The summed E-state index contributed by atoms with van der Waals surface area (Å²) in [7, 11) is 2.09. The molecular weight excluding hydrogens is 243 g/mol. The van der Waals surface area contributed by atoms with Crippen LogP contribution in [0.15, 0.2) is 18.2 Å². The molecule has 1 atom stereocenters. The summed E-state index contributed by atoms with van der Waals surface area (Å²) in [6, 6.07) is 4.92. The number of benzene rings is 1. The Hall–Kier alpha value is -1.13. The molecule has 0 radical (unpaired) electrons. The van der Waals surface area contributed by atoms with E-state index < -0.39 is 6.10 Å². The molecule has 0 aliphatic carbocycles. The van der Waals surface area contributed by atoms with Crippen LogP contribution in [0, 0.1) is 5.82 Å². The molecule has 0 saturated carbocycles. The molecule has 106 valence electrons. The lowest BCUT2D eigenvalue weighted by atomic mass is 9.97. The zero-order chi connectivity index (χ0) is 14.2. The minimum absolute atomic E-state index is 0.00348. The highest BCUT2D eigenvalue weighted by molar-refractivity contribution is 5.56. The van der Waals surface area contributed by atoms with Gasteiger partial charge in [0.15, 0.2) is 0 Å². The fourth-order valence-corrected chi connectivity index (χ4v) is 2.63. The van der Waals surface area contributed by atoms with Gasteiger partial charge in [0, 0.05) is 30.7 Å². The van der Waals surface area contributed by atoms with Crippen LogP contribution in [0.3, 0.4) is 0 Å². The van der Waals surface area contributed by atoms with E-state index in [1.165, 1.54) is 6.07 Å². The predicted molar refractivity (Wildman–Crippen MR) is 76.0 cm³/mol. The van der Waals surface area contributed by atoms with Crippen molar-refractivity contribution in [2.45, 2.75) is 32.4 Å². The van der Waals surface area contributed by atoms with Crippen LogP contribution in [0.5, 0.6) is 0 Å². The summed E-state index contributed by atoms with van der Waals surface area (Å²) in [6.45, 7) is 8.41. The van der Waals surface area contributed by atoms with Gasteiger partial charge in [-0.3, -0.25) is 4.90 Å². The number of aliphatic hydroxyl groups excluding tert-OH is 1. The van der Waals surface area contributed by atoms with Crippen LogP contribution >= 0.6 is 0 Å². The van der Waals surface area contributed by atoms with Crippen molar-refractivity contribution in [1.29, 1.82) is 0 Å². The first kappa shape index (κ1) is 14.3. The van der Waals surface area contributed by atoms with E-state index in [1.54, 1.807) is 19.1 Å². The normalized spacial score (nSPS) is 21.5. The van der Waals surface area contributed by atoms with Gasteiger partial charge in [-0.2, -0.15) is 0 Å². The number of anilines is 1. The first-order valence-electron chi connectivity index (χ1n) is 6.75. The Kier molecular flexibility index (Phi) is 3.83. The number of piperazine rings is 1. The van der Waals surface area contributed by atoms with Crippen molar-refractivity contribution in [3.05, 3.63) is 29.6 Å². The molecule has 1 N–H and O–H groups in total. The minimum atomic E-state index is -0.659. The lowest BCUT2D eigenvalue weighted by Crippen LogP contribution is -2.58. The SMILES string of the molecule is C[C@@H](O)c1cccc(F)c1N1CCN(C)C(C)(C)C1. The van der Waals surface area contributed by atoms with Gasteiger partial charge in [0.25, 0.3) is 0 Å². The zero-order valence-corrected chi connectivity index (χ0v) is 12.2. The summed E-state index contributed by atoms with van der Waals surface area (Å²) in [4.78, 5) is 4.34.